The van der Waals surface area contributed by atoms with Crippen molar-refractivity contribution in [1.82, 2.24) is 0 Å². The van der Waals surface area contributed by atoms with Crippen molar-refractivity contribution in [3.05, 3.63) is 30.3 Å². The molecule has 1 amide bonds. The standard InChI is InChI=1S/C11H14N2O/c12-10-7-4-8-13(11(10)14)9-5-2-1-3-6-9/h1-3,5-6,10H,4,7-8,12H2/t10-/m1/s1. The van der Waals surface area contributed by atoms with E-state index in [9.17, 15) is 4.79 Å². The molecule has 0 aromatic heterocycles. The highest BCUT2D eigenvalue weighted by atomic mass is 16.2. The molecule has 1 heterocycles. The molecule has 14 heavy (non-hydrogen) atoms. The Morgan fingerprint density at radius 3 is 2.71 bits per heavy atom. The normalized spacial score (nSPS) is 22.5. The predicted molar refractivity (Wildman–Crippen MR) is 56.0 cm³/mol. The molecule has 1 aromatic carbocycles. The van der Waals surface area contributed by atoms with Gasteiger partial charge in [-0.3, -0.25) is 4.79 Å². The SMILES string of the molecule is N[C@@H]1CCCN(c2ccccc2)C1=O. The van der Waals surface area contributed by atoms with E-state index in [1.165, 1.54) is 0 Å². The van der Waals surface area contributed by atoms with Crippen molar-refractivity contribution < 1.29 is 4.79 Å². The van der Waals surface area contributed by atoms with E-state index in [-0.39, 0.29) is 11.9 Å². The summed E-state index contributed by atoms with van der Waals surface area (Å²) in [6, 6.07) is 9.37. The molecule has 0 spiro atoms. The first-order valence-electron chi connectivity index (χ1n) is 4.91. The second-order valence-corrected chi connectivity index (χ2v) is 3.57. The maximum absolute atomic E-state index is 11.7. The lowest BCUT2D eigenvalue weighted by Gasteiger charge is -2.30. The van der Waals surface area contributed by atoms with Crippen LogP contribution in [0.5, 0.6) is 0 Å². The summed E-state index contributed by atoms with van der Waals surface area (Å²) in [4.78, 5) is 13.5. The fourth-order valence-electron chi connectivity index (χ4n) is 1.77. The number of nitrogens with zero attached hydrogens (tertiary/aromatic N) is 1. The number of amides is 1. The third-order valence-electron chi connectivity index (χ3n) is 2.55. The van der Waals surface area contributed by atoms with Gasteiger partial charge in [-0.15, -0.1) is 0 Å². The van der Waals surface area contributed by atoms with Gasteiger partial charge in [-0.05, 0) is 25.0 Å². The van der Waals surface area contributed by atoms with E-state index < -0.39 is 0 Å². The molecule has 1 aliphatic heterocycles. The molecule has 1 aromatic rings. The van der Waals surface area contributed by atoms with Gasteiger partial charge in [0, 0.05) is 12.2 Å². The molecular formula is C11H14N2O. The number of para-hydroxylation sites is 1. The average molecular weight is 190 g/mol. The largest absolute Gasteiger partial charge is 0.320 e. The second-order valence-electron chi connectivity index (χ2n) is 3.57. The van der Waals surface area contributed by atoms with E-state index in [2.05, 4.69) is 0 Å². The fourth-order valence-corrected chi connectivity index (χ4v) is 1.77. The summed E-state index contributed by atoms with van der Waals surface area (Å²) >= 11 is 0. The monoisotopic (exact) mass is 190 g/mol. The van der Waals surface area contributed by atoms with Gasteiger partial charge in [0.15, 0.2) is 0 Å². The Hall–Kier alpha value is -1.35. The molecule has 0 aliphatic carbocycles. The van der Waals surface area contributed by atoms with Crippen molar-refractivity contribution in [3.8, 4) is 0 Å². The van der Waals surface area contributed by atoms with Crippen molar-refractivity contribution in [2.75, 3.05) is 11.4 Å². The number of benzene rings is 1. The Bertz CT molecular complexity index is 323. The van der Waals surface area contributed by atoms with Crippen LogP contribution in [0.1, 0.15) is 12.8 Å². The fraction of sp³-hybridized carbons (Fsp3) is 0.364. The zero-order valence-electron chi connectivity index (χ0n) is 8.02. The van der Waals surface area contributed by atoms with Gasteiger partial charge in [-0.2, -0.15) is 0 Å². The maximum Gasteiger partial charge on any atom is 0.243 e. The molecule has 1 aliphatic rings. The second kappa shape index (κ2) is 3.80. The summed E-state index contributed by atoms with van der Waals surface area (Å²) in [6.07, 6.45) is 1.80. The highest BCUT2D eigenvalue weighted by Crippen LogP contribution is 2.19. The Kier molecular flexibility index (Phi) is 2.50. The number of hydrogen-bond acceptors (Lipinski definition) is 2. The summed E-state index contributed by atoms with van der Waals surface area (Å²) in [5.74, 6) is 0.0439. The van der Waals surface area contributed by atoms with E-state index in [1.54, 1.807) is 4.90 Å². The smallest absolute Gasteiger partial charge is 0.243 e. The number of carbonyl (C=O) groups is 1. The summed E-state index contributed by atoms with van der Waals surface area (Å²) < 4.78 is 0. The number of anilines is 1. The number of nitrogens with two attached hydrogens (primary N) is 1. The van der Waals surface area contributed by atoms with E-state index in [0.29, 0.717) is 0 Å². The molecule has 3 nitrogen and oxygen atoms in total. The lowest BCUT2D eigenvalue weighted by molar-refractivity contribution is -0.120. The molecule has 0 saturated carbocycles. The molecule has 0 bridgehead atoms. The lowest BCUT2D eigenvalue weighted by atomic mass is 10.1. The highest BCUT2D eigenvalue weighted by molar-refractivity contribution is 5.97. The van der Waals surface area contributed by atoms with Gasteiger partial charge in [0.25, 0.3) is 0 Å². The Balaban J connectivity index is 2.22. The molecule has 2 N–H and O–H groups in total. The minimum atomic E-state index is -0.316. The van der Waals surface area contributed by atoms with Crippen LogP contribution in [0.4, 0.5) is 5.69 Å². The molecule has 0 unspecified atom stereocenters. The summed E-state index contributed by atoms with van der Waals surface area (Å²) in [7, 11) is 0. The van der Waals surface area contributed by atoms with Crippen LogP contribution in [0.15, 0.2) is 30.3 Å². The topological polar surface area (TPSA) is 46.3 Å². The first-order chi connectivity index (χ1) is 6.79. The molecule has 1 fully saturated rings. The Labute approximate surface area is 83.5 Å². The van der Waals surface area contributed by atoms with E-state index in [4.69, 9.17) is 5.73 Å². The van der Waals surface area contributed by atoms with Crippen molar-refractivity contribution in [1.29, 1.82) is 0 Å². The van der Waals surface area contributed by atoms with Crippen molar-refractivity contribution >= 4 is 11.6 Å². The number of hydrogen-bond donors (Lipinski definition) is 1. The van der Waals surface area contributed by atoms with Crippen LogP contribution in [0.25, 0.3) is 0 Å². The molecule has 74 valence electrons. The highest BCUT2D eigenvalue weighted by Gasteiger charge is 2.26. The average Bonchev–Trinajstić information content (AvgIpc) is 2.23. The van der Waals surface area contributed by atoms with E-state index in [1.807, 2.05) is 30.3 Å². The molecule has 1 saturated heterocycles. The van der Waals surface area contributed by atoms with Gasteiger partial charge >= 0.3 is 0 Å². The minimum absolute atomic E-state index is 0.0439. The van der Waals surface area contributed by atoms with Crippen LogP contribution >= 0.6 is 0 Å². The first kappa shape index (κ1) is 9.21. The third-order valence-corrected chi connectivity index (χ3v) is 2.55. The van der Waals surface area contributed by atoms with Crippen LogP contribution < -0.4 is 10.6 Å². The molecule has 3 heteroatoms. The van der Waals surface area contributed by atoms with Gasteiger partial charge in [0.2, 0.25) is 5.91 Å². The minimum Gasteiger partial charge on any atom is -0.320 e. The molecule has 2 rings (SSSR count). The van der Waals surface area contributed by atoms with Crippen molar-refractivity contribution in [3.63, 3.8) is 0 Å². The van der Waals surface area contributed by atoms with Crippen LogP contribution in [-0.4, -0.2) is 18.5 Å². The third kappa shape index (κ3) is 1.63. The predicted octanol–water partition coefficient (Wildman–Crippen LogP) is 1.14. The van der Waals surface area contributed by atoms with Gasteiger partial charge in [0.1, 0.15) is 0 Å². The van der Waals surface area contributed by atoms with Crippen LogP contribution in [-0.2, 0) is 4.79 Å². The van der Waals surface area contributed by atoms with Gasteiger partial charge < -0.3 is 10.6 Å². The molecule has 0 radical (unpaired) electrons. The number of piperidine rings is 1. The van der Waals surface area contributed by atoms with Crippen LogP contribution in [0.3, 0.4) is 0 Å². The maximum atomic E-state index is 11.7. The summed E-state index contributed by atoms with van der Waals surface area (Å²) in [5.41, 5.74) is 6.67. The Morgan fingerprint density at radius 1 is 1.29 bits per heavy atom. The summed E-state index contributed by atoms with van der Waals surface area (Å²) in [5, 5.41) is 0. The van der Waals surface area contributed by atoms with Gasteiger partial charge in [-0.25, -0.2) is 0 Å². The quantitative estimate of drug-likeness (QED) is 0.721. The van der Waals surface area contributed by atoms with Crippen LogP contribution in [0.2, 0.25) is 0 Å². The molecule has 1 atom stereocenters. The first-order valence-corrected chi connectivity index (χ1v) is 4.91. The van der Waals surface area contributed by atoms with Gasteiger partial charge in [0.05, 0.1) is 6.04 Å². The van der Waals surface area contributed by atoms with Crippen LogP contribution in [0, 0.1) is 0 Å². The van der Waals surface area contributed by atoms with Gasteiger partial charge in [-0.1, -0.05) is 18.2 Å². The number of rotatable bonds is 1. The number of carbonyl (C=O) groups excluding carboxylic acids is 1. The Morgan fingerprint density at radius 2 is 2.00 bits per heavy atom. The van der Waals surface area contributed by atoms with Crippen molar-refractivity contribution in [2.24, 2.45) is 5.73 Å². The van der Waals surface area contributed by atoms with E-state index >= 15 is 0 Å². The summed E-state index contributed by atoms with van der Waals surface area (Å²) in [6.45, 7) is 0.788. The van der Waals surface area contributed by atoms with E-state index in [0.717, 1.165) is 25.1 Å². The lowest BCUT2D eigenvalue weighted by Crippen LogP contribution is -2.48. The zero-order valence-corrected chi connectivity index (χ0v) is 8.02. The molecular weight excluding hydrogens is 176 g/mol. The van der Waals surface area contributed by atoms with Crippen molar-refractivity contribution in [2.45, 2.75) is 18.9 Å². The zero-order chi connectivity index (χ0) is 9.97.